The first-order valence-electron chi connectivity index (χ1n) is 7.53. The third kappa shape index (κ3) is 17.2. The quantitative estimate of drug-likeness (QED) is 0.385. The van der Waals surface area contributed by atoms with Crippen molar-refractivity contribution in [3.63, 3.8) is 0 Å². The van der Waals surface area contributed by atoms with Gasteiger partial charge in [-0.1, -0.05) is 6.92 Å². The fraction of sp³-hybridized carbons (Fsp3) is 0.929. The molecule has 126 valence electrons. The minimum Gasteiger partial charge on any atom is -0.378 e. The highest BCUT2D eigenvalue weighted by atomic mass is 16.6. The molecule has 0 heterocycles. The van der Waals surface area contributed by atoms with Gasteiger partial charge in [-0.25, -0.2) is 0 Å². The predicted molar refractivity (Wildman–Crippen MR) is 80.5 cm³/mol. The standard InChI is InChI=1S/C14H30N2O5/c1-3-14(17)16-5-7-19-9-11-21-13-12-20-10-8-18-6-4-15-2/h15H,3-13H2,1-2H3,(H,16,17). The molecule has 0 radical (unpaired) electrons. The summed E-state index contributed by atoms with van der Waals surface area (Å²) in [5.74, 6) is 0.0435. The highest BCUT2D eigenvalue weighted by Gasteiger charge is 1.95. The van der Waals surface area contributed by atoms with E-state index in [1.54, 1.807) is 0 Å². The number of amides is 1. The summed E-state index contributed by atoms with van der Waals surface area (Å²) in [6, 6.07) is 0. The molecule has 0 spiro atoms. The Morgan fingerprint density at radius 1 is 0.762 bits per heavy atom. The second-order valence-electron chi connectivity index (χ2n) is 4.26. The van der Waals surface area contributed by atoms with Crippen LogP contribution in [0.15, 0.2) is 0 Å². The van der Waals surface area contributed by atoms with Gasteiger partial charge in [-0.15, -0.1) is 0 Å². The third-order valence-corrected chi connectivity index (χ3v) is 2.50. The minimum absolute atomic E-state index is 0.0435. The molecule has 0 aliphatic heterocycles. The van der Waals surface area contributed by atoms with Gasteiger partial charge < -0.3 is 29.6 Å². The van der Waals surface area contributed by atoms with Crippen LogP contribution in [0.4, 0.5) is 0 Å². The number of hydrogen-bond donors (Lipinski definition) is 2. The molecule has 0 unspecified atom stereocenters. The summed E-state index contributed by atoms with van der Waals surface area (Å²) in [7, 11) is 1.89. The van der Waals surface area contributed by atoms with Crippen LogP contribution in [0.25, 0.3) is 0 Å². The van der Waals surface area contributed by atoms with Gasteiger partial charge in [0.25, 0.3) is 0 Å². The highest BCUT2D eigenvalue weighted by molar-refractivity contribution is 5.75. The van der Waals surface area contributed by atoms with E-state index in [4.69, 9.17) is 18.9 Å². The summed E-state index contributed by atoms with van der Waals surface area (Å²) in [5.41, 5.74) is 0. The van der Waals surface area contributed by atoms with E-state index in [1.165, 1.54) is 0 Å². The van der Waals surface area contributed by atoms with Crippen LogP contribution in [-0.4, -0.2) is 78.9 Å². The summed E-state index contributed by atoms with van der Waals surface area (Å²) in [5, 5.41) is 5.74. The number of likely N-dealkylation sites (N-methyl/N-ethyl adjacent to an activating group) is 1. The summed E-state index contributed by atoms with van der Waals surface area (Å²) >= 11 is 0. The maximum absolute atomic E-state index is 10.9. The van der Waals surface area contributed by atoms with E-state index >= 15 is 0 Å². The van der Waals surface area contributed by atoms with E-state index in [0.29, 0.717) is 65.8 Å². The van der Waals surface area contributed by atoms with Crippen molar-refractivity contribution >= 4 is 5.91 Å². The van der Waals surface area contributed by atoms with Crippen molar-refractivity contribution in [3.8, 4) is 0 Å². The highest BCUT2D eigenvalue weighted by Crippen LogP contribution is 1.83. The Morgan fingerprint density at radius 2 is 1.19 bits per heavy atom. The molecule has 7 heteroatoms. The van der Waals surface area contributed by atoms with Crippen LogP contribution in [-0.2, 0) is 23.7 Å². The molecular weight excluding hydrogens is 276 g/mol. The second-order valence-corrected chi connectivity index (χ2v) is 4.26. The number of carbonyl (C=O) groups excluding carboxylic acids is 1. The van der Waals surface area contributed by atoms with Gasteiger partial charge in [0.1, 0.15) is 0 Å². The Bertz CT molecular complexity index is 229. The zero-order valence-electron chi connectivity index (χ0n) is 13.3. The van der Waals surface area contributed by atoms with E-state index in [2.05, 4.69) is 10.6 Å². The molecule has 0 bridgehead atoms. The van der Waals surface area contributed by atoms with Crippen molar-refractivity contribution in [2.75, 3.05) is 73.0 Å². The molecular formula is C14H30N2O5. The lowest BCUT2D eigenvalue weighted by atomic mass is 10.4. The zero-order chi connectivity index (χ0) is 15.6. The van der Waals surface area contributed by atoms with Gasteiger partial charge in [-0.2, -0.15) is 0 Å². The Balaban J connectivity index is 2.98. The minimum atomic E-state index is 0.0435. The van der Waals surface area contributed by atoms with Gasteiger partial charge in [0.2, 0.25) is 5.91 Å². The number of nitrogens with one attached hydrogen (secondary N) is 2. The number of hydrogen-bond acceptors (Lipinski definition) is 6. The molecule has 0 rings (SSSR count). The summed E-state index contributed by atoms with van der Waals surface area (Å²) in [6.07, 6.45) is 0.504. The van der Waals surface area contributed by atoms with E-state index in [9.17, 15) is 4.79 Å². The fourth-order valence-electron chi connectivity index (χ4n) is 1.32. The van der Waals surface area contributed by atoms with E-state index in [1.807, 2.05) is 14.0 Å². The van der Waals surface area contributed by atoms with Crippen LogP contribution in [0.2, 0.25) is 0 Å². The molecule has 0 atom stereocenters. The molecule has 7 nitrogen and oxygen atoms in total. The lowest BCUT2D eigenvalue weighted by Gasteiger charge is -2.07. The lowest BCUT2D eigenvalue weighted by Crippen LogP contribution is -2.26. The predicted octanol–water partition coefficient (Wildman–Crippen LogP) is -0.202. The van der Waals surface area contributed by atoms with Gasteiger partial charge >= 0.3 is 0 Å². The molecule has 0 aromatic rings. The van der Waals surface area contributed by atoms with Crippen molar-refractivity contribution in [2.45, 2.75) is 13.3 Å². The van der Waals surface area contributed by atoms with Gasteiger partial charge in [0, 0.05) is 19.5 Å². The molecule has 0 aromatic carbocycles. The molecule has 0 aliphatic carbocycles. The second kappa shape index (κ2) is 17.3. The molecule has 21 heavy (non-hydrogen) atoms. The van der Waals surface area contributed by atoms with Crippen molar-refractivity contribution in [3.05, 3.63) is 0 Å². The molecule has 1 amide bonds. The number of carbonyl (C=O) groups is 1. The molecule has 0 saturated carbocycles. The van der Waals surface area contributed by atoms with E-state index < -0.39 is 0 Å². The average molecular weight is 306 g/mol. The van der Waals surface area contributed by atoms with Crippen LogP contribution in [0.3, 0.4) is 0 Å². The van der Waals surface area contributed by atoms with Crippen molar-refractivity contribution in [2.24, 2.45) is 0 Å². The molecule has 2 N–H and O–H groups in total. The van der Waals surface area contributed by atoms with Crippen molar-refractivity contribution in [1.29, 1.82) is 0 Å². The maximum atomic E-state index is 10.9. The van der Waals surface area contributed by atoms with Gasteiger partial charge in [-0.05, 0) is 7.05 Å². The summed E-state index contributed by atoms with van der Waals surface area (Å²) in [4.78, 5) is 10.9. The van der Waals surface area contributed by atoms with Gasteiger partial charge in [0.05, 0.1) is 52.9 Å². The number of ether oxygens (including phenoxy) is 4. The SMILES string of the molecule is CCC(=O)NCCOCCOCCOCCOCCNC. The normalized spacial score (nSPS) is 10.8. The third-order valence-electron chi connectivity index (χ3n) is 2.50. The Kier molecular flexibility index (Phi) is 16.7. The van der Waals surface area contributed by atoms with Gasteiger partial charge in [-0.3, -0.25) is 4.79 Å². The Labute approximate surface area is 127 Å². The fourth-order valence-corrected chi connectivity index (χ4v) is 1.32. The van der Waals surface area contributed by atoms with Gasteiger partial charge in [0.15, 0.2) is 0 Å². The zero-order valence-corrected chi connectivity index (χ0v) is 13.3. The van der Waals surface area contributed by atoms with Crippen LogP contribution >= 0.6 is 0 Å². The first kappa shape index (κ1) is 20.3. The monoisotopic (exact) mass is 306 g/mol. The van der Waals surface area contributed by atoms with Crippen LogP contribution in [0, 0.1) is 0 Å². The van der Waals surface area contributed by atoms with E-state index in [-0.39, 0.29) is 5.91 Å². The Morgan fingerprint density at radius 3 is 1.62 bits per heavy atom. The van der Waals surface area contributed by atoms with Crippen LogP contribution in [0.1, 0.15) is 13.3 Å². The molecule has 0 aliphatic rings. The van der Waals surface area contributed by atoms with Crippen molar-refractivity contribution in [1.82, 2.24) is 10.6 Å². The number of rotatable bonds is 16. The summed E-state index contributed by atoms with van der Waals surface area (Å²) in [6.45, 7) is 7.78. The lowest BCUT2D eigenvalue weighted by molar-refractivity contribution is -0.121. The topological polar surface area (TPSA) is 78.1 Å². The average Bonchev–Trinajstić information content (AvgIpc) is 2.50. The largest absolute Gasteiger partial charge is 0.378 e. The maximum Gasteiger partial charge on any atom is 0.219 e. The van der Waals surface area contributed by atoms with Crippen LogP contribution in [0.5, 0.6) is 0 Å². The smallest absolute Gasteiger partial charge is 0.219 e. The van der Waals surface area contributed by atoms with E-state index in [0.717, 1.165) is 6.54 Å². The van der Waals surface area contributed by atoms with Crippen molar-refractivity contribution < 1.29 is 23.7 Å². The first-order valence-corrected chi connectivity index (χ1v) is 7.53. The summed E-state index contributed by atoms with van der Waals surface area (Å²) < 4.78 is 21.3. The molecule has 0 saturated heterocycles. The van der Waals surface area contributed by atoms with Crippen LogP contribution < -0.4 is 10.6 Å². The Hall–Kier alpha value is -0.730. The molecule has 0 aromatic heterocycles. The first-order chi connectivity index (χ1) is 10.3. The molecule has 0 fully saturated rings.